The molecule has 9 heteroatoms. The van der Waals surface area contributed by atoms with Crippen molar-refractivity contribution in [3.05, 3.63) is 56.8 Å². The quantitative estimate of drug-likeness (QED) is 0.407. The zero-order valence-electron chi connectivity index (χ0n) is 15.2. The van der Waals surface area contributed by atoms with Crippen LogP contribution < -0.4 is 20.3 Å². The van der Waals surface area contributed by atoms with E-state index in [1.165, 1.54) is 11.8 Å². The first-order valence-corrected chi connectivity index (χ1v) is 10.7. The lowest BCUT2D eigenvalue weighted by Crippen LogP contribution is -2.55. The summed E-state index contributed by atoms with van der Waals surface area (Å²) in [6, 6.07) is 11.2. The SMILES string of the molecule is CCOc1cc([C@@H]2Nc3ccccc3-c3c(=O)[nH]c(SC)n[n+]32)cc(Br)c1O. The molecular weight excluding hydrogens is 444 g/mol. The Morgan fingerprint density at radius 1 is 1.36 bits per heavy atom. The number of nitrogens with one attached hydrogen (secondary N) is 2. The van der Waals surface area contributed by atoms with Crippen LogP contribution in [0.3, 0.4) is 0 Å². The topological polar surface area (TPSA) is 91.1 Å². The van der Waals surface area contributed by atoms with Crippen molar-refractivity contribution >= 4 is 33.4 Å². The molecule has 7 nitrogen and oxygen atoms in total. The molecule has 0 aliphatic carbocycles. The Morgan fingerprint density at radius 2 is 2.14 bits per heavy atom. The van der Waals surface area contributed by atoms with Gasteiger partial charge in [-0.1, -0.05) is 23.9 Å². The van der Waals surface area contributed by atoms with Gasteiger partial charge in [0.15, 0.2) is 11.5 Å². The van der Waals surface area contributed by atoms with E-state index in [0.717, 1.165) is 16.8 Å². The summed E-state index contributed by atoms with van der Waals surface area (Å²) in [7, 11) is 0. The first-order valence-electron chi connectivity index (χ1n) is 8.64. The second kappa shape index (κ2) is 7.48. The second-order valence-corrected chi connectivity index (χ2v) is 7.78. The molecule has 0 spiro atoms. The minimum Gasteiger partial charge on any atom is -0.503 e. The summed E-state index contributed by atoms with van der Waals surface area (Å²) in [5.41, 5.74) is 2.67. The van der Waals surface area contributed by atoms with Crippen LogP contribution >= 0.6 is 27.7 Å². The van der Waals surface area contributed by atoms with Crippen molar-refractivity contribution in [1.82, 2.24) is 10.1 Å². The largest absolute Gasteiger partial charge is 0.503 e. The predicted molar refractivity (Wildman–Crippen MR) is 111 cm³/mol. The van der Waals surface area contributed by atoms with Crippen LogP contribution in [0.2, 0.25) is 0 Å². The van der Waals surface area contributed by atoms with Gasteiger partial charge in [-0.05, 0) is 58.1 Å². The van der Waals surface area contributed by atoms with Crippen molar-refractivity contribution in [2.24, 2.45) is 0 Å². The second-order valence-electron chi connectivity index (χ2n) is 6.13. The number of para-hydroxylation sites is 1. The van der Waals surface area contributed by atoms with Crippen LogP contribution in [-0.4, -0.2) is 28.1 Å². The number of aromatic nitrogens is 3. The number of hydrogen-bond acceptors (Lipinski definition) is 6. The zero-order valence-corrected chi connectivity index (χ0v) is 17.6. The first-order chi connectivity index (χ1) is 13.5. The fourth-order valence-corrected chi connectivity index (χ4v) is 4.05. The Morgan fingerprint density at radius 3 is 2.89 bits per heavy atom. The van der Waals surface area contributed by atoms with E-state index in [4.69, 9.17) is 4.74 Å². The molecule has 1 aliphatic rings. The molecule has 1 atom stereocenters. The average molecular weight is 462 g/mol. The highest BCUT2D eigenvalue weighted by atomic mass is 79.9. The van der Waals surface area contributed by atoms with Crippen molar-refractivity contribution in [3.63, 3.8) is 0 Å². The summed E-state index contributed by atoms with van der Waals surface area (Å²) >= 11 is 4.75. The number of benzene rings is 2. The average Bonchev–Trinajstić information content (AvgIpc) is 2.70. The number of anilines is 1. The molecule has 1 aromatic heterocycles. The number of phenols is 1. The molecule has 28 heavy (non-hydrogen) atoms. The highest BCUT2D eigenvalue weighted by Crippen LogP contribution is 2.39. The third-order valence-electron chi connectivity index (χ3n) is 4.44. The molecule has 0 bridgehead atoms. The fraction of sp³-hybridized carbons (Fsp3) is 0.211. The highest BCUT2D eigenvalue weighted by Gasteiger charge is 2.38. The number of ether oxygens (including phenoxy) is 1. The van der Waals surface area contributed by atoms with Gasteiger partial charge in [-0.2, -0.15) is 0 Å². The summed E-state index contributed by atoms with van der Waals surface area (Å²) in [4.78, 5) is 15.7. The lowest BCUT2D eigenvalue weighted by atomic mass is 10.0. The molecule has 3 N–H and O–H groups in total. The normalized spacial score (nSPS) is 14.8. The molecule has 0 saturated heterocycles. The van der Waals surface area contributed by atoms with E-state index in [1.807, 2.05) is 37.4 Å². The highest BCUT2D eigenvalue weighted by molar-refractivity contribution is 9.10. The minimum absolute atomic E-state index is 0.0377. The Labute approximate surface area is 173 Å². The molecule has 144 valence electrons. The molecule has 0 unspecified atom stereocenters. The lowest BCUT2D eigenvalue weighted by Gasteiger charge is -2.23. The number of rotatable bonds is 4. The van der Waals surface area contributed by atoms with Crippen LogP contribution in [-0.2, 0) is 0 Å². The molecule has 2 aromatic carbocycles. The van der Waals surface area contributed by atoms with Crippen molar-refractivity contribution in [3.8, 4) is 22.8 Å². The Kier molecular flexibility index (Phi) is 5.03. The Balaban J connectivity index is 1.96. The smallest absolute Gasteiger partial charge is 0.325 e. The van der Waals surface area contributed by atoms with Crippen LogP contribution in [0.25, 0.3) is 11.3 Å². The number of thioether (sulfide) groups is 1. The van der Waals surface area contributed by atoms with Crippen LogP contribution in [0.5, 0.6) is 11.5 Å². The number of nitrogens with zero attached hydrogens (tertiary/aromatic N) is 2. The van der Waals surface area contributed by atoms with E-state index in [2.05, 4.69) is 31.3 Å². The van der Waals surface area contributed by atoms with Gasteiger partial charge in [0.25, 0.3) is 6.17 Å². The minimum atomic E-state index is -0.450. The summed E-state index contributed by atoms with van der Waals surface area (Å²) < 4.78 is 7.75. The van der Waals surface area contributed by atoms with E-state index in [1.54, 1.807) is 16.8 Å². The van der Waals surface area contributed by atoms with Crippen molar-refractivity contribution < 1.29 is 14.5 Å². The lowest BCUT2D eigenvalue weighted by molar-refractivity contribution is -0.759. The van der Waals surface area contributed by atoms with Gasteiger partial charge in [0.05, 0.1) is 22.3 Å². The van der Waals surface area contributed by atoms with E-state index >= 15 is 0 Å². The number of H-pyrrole nitrogens is 1. The van der Waals surface area contributed by atoms with Crippen molar-refractivity contribution in [1.29, 1.82) is 0 Å². The number of fused-ring (bicyclic) bond motifs is 3. The monoisotopic (exact) mass is 461 g/mol. The molecule has 0 amide bonds. The Bertz CT molecular complexity index is 1120. The van der Waals surface area contributed by atoms with E-state index in [-0.39, 0.29) is 11.3 Å². The van der Waals surface area contributed by atoms with Crippen molar-refractivity contribution in [2.75, 3.05) is 18.2 Å². The van der Waals surface area contributed by atoms with Crippen molar-refractivity contribution in [2.45, 2.75) is 18.2 Å². The van der Waals surface area contributed by atoms with Gasteiger partial charge in [-0.25, -0.2) is 0 Å². The van der Waals surface area contributed by atoms with Crippen LogP contribution in [0.15, 0.2) is 50.8 Å². The zero-order chi connectivity index (χ0) is 19.8. The molecule has 1 aliphatic heterocycles. The molecule has 3 aromatic rings. The summed E-state index contributed by atoms with van der Waals surface area (Å²) in [6.07, 6.45) is 1.41. The maximum absolute atomic E-state index is 12.8. The number of phenolic OH excluding ortho intramolecular Hbond substituents is 1. The van der Waals surface area contributed by atoms with Crippen LogP contribution in [0.4, 0.5) is 5.69 Å². The first kappa shape index (κ1) is 18.8. The van der Waals surface area contributed by atoms with Gasteiger partial charge >= 0.3 is 11.3 Å². The summed E-state index contributed by atoms with van der Waals surface area (Å²) in [5.74, 6) is 0.403. The molecular formula is C19H18BrN4O3S+. The van der Waals surface area contributed by atoms with Crippen LogP contribution in [0, 0.1) is 0 Å². The number of halogens is 1. The molecule has 4 rings (SSSR count). The fourth-order valence-electron chi connectivity index (χ4n) is 3.22. The number of aromatic hydroxyl groups is 1. The van der Waals surface area contributed by atoms with Crippen LogP contribution in [0.1, 0.15) is 18.7 Å². The molecule has 2 heterocycles. The van der Waals surface area contributed by atoms with Gasteiger partial charge in [0.1, 0.15) is 0 Å². The molecule has 0 saturated carbocycles. The number of aromatic amines is 1. The molecule has 0 radical (unpaired) electrons. The van der Waals surface area contributed by atoms with E-state index in [9.17, 15) is 9.90 Å². The van der Waals surface area contributed by atoms with E-state index in [0.29, 0.717) is 27.7 Å². The van der Waals surface area contributed by atoms with Gasteiger partial charge in [-0.3, -0.25) is 9.78 Å². The Hall–Kier alpha value is -2.52. The maximum Gasteiger partial charge on any atom is 0.325 e. The predicted octanol–water partition coefficient (Wildman–Crippen LogP) is 3.29. The van der Waals surface area contributed by atoms with Gasteiger partial charge < -0.3 is 15.2 Å². The van der Waals surface area contributed by atoms with Gasteiger partial charge in [-0.15, -0.1) is 0 Å². The third kappa shape index (κ3) is 3.14. The molecule has 0 fully saturated rings. The standard InChI is InChI=1S/C19H17BrN4O3S/c1-3-27-14-9-10(8-12(20)16(14)25)17-21-13-7-5-4-6-11(13)15-18(26)22-19(28-2)23-24(15)17/h4-9,17H,3H2,1-2H3,(H2,22,23,25,26)/p+1/t17-/m1/s1. The summed E-state index contributed by atoms with van der Waals surface area (Å²) in [6.45, 7) is 2.27. The third-order valence-corrected chi connectivity index (χ3v) is 5.62. The van der Waals surface area contributed by atoms with Gasteiger partial charge in [0.2, 0.25) is 5.16 Å². The van der Waals surface area contributed by atoms with E-state index < -0.39 is 6.17 Å². The maximum atomic E-state index is 12.8. The summed E-state index contributed by atoms with van der Waals surface area (Å²) in [5, 5.41) is 18.8. The van der Waals surface area contributed by atoms with Gasteiger partial charge in [0, 0.05) is 10.7 Å². The number of hydrogen-bond donors (Lipinski definition) is 3.